The summed E-state index contributed by atoms with van der Waals surface area (Å²) in [5, 5.41) is 18.9. The summed E-state index contributed by atoms with van der Waals surface area (Å²) < 4.78 is 5.81. The Kier molecular flexibility index (Phi) is 4.99. The first-order valence-corrected chi connectivity index (χ1v) is 8.40. The van der Waals surface area contributed by atoms with Crippen LogP contribution < -0.4 is 0 Å². The van der Waals surface area contributed by atoms with E-state index in [9.17, 15) is 5.11 Å². The third kappa shape index (κ3) is 3.74. The van der Waals surface area contributed by atoms with E-state index < -0.39 is 0 Å². The highest BCUT2D eigenvalue weighted by atomic mass is 35.5. The average Bonchev–Trinajstić information content (AvgIpc) is 3.16. The zero-order valence-electron chi connectivity index (χ0n) is 13.4. The second-order valence-electron chi connectivity index (χ2n) is 6.33. The van der Waals surface area contributed by atoms with E-state index >= 15 is 0 Å². The summed E-state index contributed by atoms with van der Waals surface area (Å²) >= 11 is 6.00. The molecule has 1 saturated carbocycles. The molecule has 0 amide bonds. The lowest BCUT2D eigenvalue weighted by molar-refractivity contribution is 0.0945. The summed E-state index contributed by atoms with van der Waals surface area (Å²) in [7, 11) is 2.03. The van der Waals surface area contributed by atoms with Gasteiger partial charge in [0.2, 0.25) is 11.8 Å². The number of halogens is 1. The number of aromatic nitrogens is 2. The van der Waals surface area contributed by atoms with Crippen LogP contribution in [0.1, 0.15) is 38.1 Å². The number of aliphatic hydroxyl groups is 1. The minimum Gasteiger partial charge on any atom is -0.419 e. The highest BCUT2D eigenvalue weighted by molar-refractivity contribution is 6.30. The Morgan fingerprint density at radius 1 is 1.39 bits per heavy atom. The van der Waals surface area contributed by atoms with Crippen molar-refractivity contribution in [1.82, 2.24) is 15.1 Å². The predicted octanol–water partition coefficient (Wildman–Crippen LogP) is 3.54. The maximum absolute atomic E-state index is 9.98. The molecule has 6 heteroatoms. The van der Waals surface area contributed by atoms with Crippen LogP contribution in [-0.4, -0.2) is 39.9 Å². The molecule has 1 aliphatic rings. The van der Waals surface area contributed by atoms with E-state index in [2.05, 4.69) is 15.1 Å². The summed E-state index contributed by atoms with van der Waals surface area (Å²) in [6, 6.07) is 7.38. The molecule has 3 unspecified atom stereocenters. The summed E-state index contributed by atoms with van der Waals surface area (Å²) in [6.45, 7) is 2.87. The van der Waals surface area contributed by atoms with Crippen LogP contribution in [-0.2, 0) is 0 Å². The first-order chi connectivity index (χ1) is 11.0. The quantitative estimate of drug-likeness (QED) is 0.905. The van der Waals surface area contributed by atoms with Crippen LogP contribution in [0.3, 0.4) is 0 Å². The second kappa shape index (κ2) is 6.99. The van der Waals surface area contributed by atoms with Crippen molar-refractivity contribution < 1.29 is 9.52 Å². The van der Waals surface area contributed by atoms with Gasteiger partial charge in [-0.1, -0.05) is 24.1 Å². The summed E-state index contributed by atoms with van der Waals surface area (Å²) in [5.74, 6) is 1.39. The molecule has 23 heavy (non-hydrogen) atoms. The molecule has 0 saturated heterocycles. The van der Waals surface area contributed by atoms with Crippen LogP contribution in [0.2, 0.25) is 5.02 Å². The molecule has 0 bridgehead atoms. The Bertz CT molecular complexity index is 661. The average molecular weight is 336 g/mol. The highest BCUT2D eigenvalue weighted by Crippen LogP contribution is 2.29. The number of hydrogen-bond donors (Lipinski definition) is 1. The molecule has 1 aliphatic carbocycles. The van der Waals surface area contributed by atoms with E-state index in [1.807, 2.05) is 38.2 Å². The maximum atomic E-state index is 9.98. The molecule has 1 N–H and O–H groups in total. The largest absolute Gasteiger partial charge is 0.419 e. The van der Waals surface area contributed by atoms with Gasteiger partial charge in [-0.05, 0) is 50.9 Å². The first kappa shape index (κ1) is 16.4. The predicted molar refractivity (Wildman–Crippen MR) is 89.1 cm³/mol. The Balaban J connectivity index is 1.69. The SMILES string of the molecule is CC(c1nnc(-c2cccc(Cl)c2)o1)N(C)CC1CCCC1O. The molecule has 3 atom stereocenters. The van der Waals surface area contributed by atoms with Crippen molar-refractivity contribution in [3.8, 4) is 11.5 Å². The van der Waals surface area contributed by atoms with Gasteiger partial charge < -0.3 is 9.52 Å². The topological polar surface area (TPSA) is 62.4 Å². The van der Waals surface area contributed by atoms with Crippen molar-refractivity contribution in [2.45, 2.75) is 38.3 Å². The van der Waals surface area contributed by atoms with Gasteiger partial charge in [0.25, 0.3) is 0 Å². The van der Waals surface area contributed by atoms with Gasteiger partial charge in [0.05, 0.1) is 12.1 Å². The van der Waals surface area contributed by atoms with Gasteiger partial charge in [0, 0.05) is 17.1 Å². The number of aliphatic hydroxyl groups excluding tert-OH is 1. The van der Waals surface area contributed by atoms with Crippen molar-refractivity contribution >= 4 is 11.6 Å². The molecule has 1 heterocycles. The monoisotopic (exact) mass is 335 g/mol. The molecule has 5 nitrogen and oxygen atoms in total. The molecule has 0 aliphatic heterocycles. The third-order valence-electron chi connectivity index (χ3n) is 4.67. The Morgan fingerprint density at radius 2 is 2.22 bits per heavy atom. The Morgan fingerprint density at radius 3 is 2.91 bits per heavy atom. The summed E-state index contributed by atoms with van der Waals surface area (Å²) in [6.07, 6.45) is 2.91. The number of benzene rings is 1. The van der Waals surface area contributed by atoms with E-state index in [1.54, 1.807) is 0 Å². The standard InChI is InChI=1S/C17H22ClN3O2/c1-11(21(2)10-13-6-4-8-15(13)22)16-19-20-17(23-16)12-5-3-7-14(18)9-12/h3,5,7,9,11,13,15,22H,4,6,8,10H2,1-2H3. The fraction of sp³-hybridized carbons (Fsp3) is 0.529. The maximum Gasteiger partial charge on any atom is 0.247 e. The van der Waals surface area contributed by atoms with E-state index in [4.69, 9.17) is 16.0 Å². The molecule has 3 rings (SSSR count). The molecule has 124 valence electrons. The first-order valence-electron chi connectivity index (χ1n) is 8.02. The minimum absolute atomic E-state index is 0.00299. The Labute approximate surface area is 141 Å². The van der Waals surface area contributed by atoms with Gasteiger partial charge in [-0.2, -0.15) is 0 Å². The van der Waals surface area contributed by atoms with Gasteiger partial charge in [0.15, 0.2) is 0 Å². The van der Waals surface area contributed by atoms with Crippen LogP contribution in [0.4, 0.5) is 0 Å². The van der Waals surface area contributed by atoms with E-state index in [-0.39, 0.29) is 12.1 Å². The molecule has 1 fully saturated rings. The van der Waals surface area contributed by atoms with Crippen LogP contribution in [0, 0.1) is 5.92 Å². The zero-order chi connectivity index (χ0) is 16.4. The number of nitrogens with zero attached hydrogens (tertiary/aromatic N) is 3. The van der Waals surface area contributed by atoms with Gasteiger partial charge in [-0.15, -0.1) is 10.2 Å². The summed E-state index contributed by atoms with van der Waals surface area (Å²) in [4.78, 5) is 2.16. The van der Waals surface area contributed by atoms with Crippen LogP contribution in [0.5, 0.6) is 0 Å². The fourth-order valence-corrected chi connectivity index (χ4v) is 3.28. The van der Waals surface area contributed by atoms with Crippen molar-refractivity contribution in [1.29, 1.82) is 0 Å². The van der Waals surface area contributed by atoms with E-state index in [0.717, 1.165) is 31.4 Å². The summed E-state index contributed by atoms with van der Waals surface area (Å²) in [5.41, 5.74) is 0.817. The molecule has 1 aromatic carbocycles. The van der Waals surface area contributed by atoms with Gasteiger partial charge in [0.1, 0.15) is 0 Å². The second-order valence-corrected chi connectivity index (χ2v) is 6.77. The minimum atomic E-state index is -0.186. The zero-order valence-corrected chi connectivity index (χ0v) is 14.2. The normalized spacial score (nSPS) is 22.7. The van der Waals surface area contributed by atoms with Crippen LogP contribution >= 0.6 is 11.6 Å². The lowest BCUT2D eigenvalue weighted by Crippen LogP contribution is -2.32. The van der Waals surface area contributed by atoms with Gasteiger partial charge >= 0.3 is 0 Å². The lowest BCUT2D eigenvalue weighted by Gasteiger charge is -2.26. The van der Waals surface area contributed by atoms with Crippen molar-refractivity contribution in [3.63, 3.8) is 0 Å². The number of rotatable bonds is 5. The molecular formula is C17H22ClN3O2. The third-order valence-corrected chi connectivity index (χ3v) is 4.91. The van der Waals surface area contributed by atoms with Gasteiger partial charge in [-0.25, -0.2) is 0 Å². The van der Waals surface area contributed by atoms with Gasteiger partial charge in [-0.3, -0.25) is 4.90 Å². The smallest absolute Gasteiger partial charge is 0.247 e. The molecule has 0 spiro atoms. The molecule has 0 radical (unpaired) electrons. The molecule has 1 aromatic heterocycles. The van der Waals surface area contributed by atoms with Crippen molar-refractivity contribution in [2.75, 3.05) is 13.6 Å². The fourth-order valence-electron chi connectivity index (χ4n) is 3.09. The van der Waals surface area contributed by atoms with Crippen LogP contribution in [0.15, 0.2) is 28.7 Å². The molecular weight excluding hydrogens is 314 g/mol. The lowest BCUT2D eigenvalue weighted by atomic mass is 10.0. The van der Waals surface area contributed by atoms with Crippen molar-refractivity contribution in [2.24, 2.45) is 5.92 Å². The highest BCUT2D eigenvalue weighted by Gasteiger charge is 2.29. The van der Waals surface area contributed by atoms with Crippen molar-refractivity contribution in [3.05, 3.63) is 35.2 Å². The van der Waals surface area contributed by atoms with E-state index in [0.29, 0.717) is 22.7 Å². The van der Waals surface area contributed by atoms with Crippen LogP contribution in [0.25, 0.3) is 11.5 Å². The van der Waals surface area contributed by atoms with E-state index in [1.165, 1.54) is 0 Å². The number of hydrogen-bond acceptors (Lipinski definition) is 5. The Hall–Kier alpha value is -1.43. The molecule has 2 aromatic rings.